The van der Waals surface area contributed by atoms with Crippen molar-refractivity contribution in [3.8, 4) is 11.5 Å². The molecule has 0 radical (unpaired) electrons. The maximum Gasteiger partial charge on any atom is 0.338 e. The van der Waals surface area contributed by atoms with E-state index in [9.17, 15) is 9.59 Å². The number of allylic oxidation sites excluding steroid dienone is 1. The Kier molecular flexibility index (Phi) is 11.2. The van der Waals surface area contributed by atoms with Gasteiger partial charge in [-0.05, 0) is 62.0 Å². The third-order valence-corrected chi connectivity index (χ3v) is 7.05. The predicted molar refractivity (Wildman–Crippen MR) is 171 cm³/mol. The molecule has 1 amide bonds. The molecular weight excluding hydrogens is 635 g/mol. The van der Waals surface area contributed by atoms with Crippen LogP contribution in [0.15, 0.2) is 77.0 Å². The standard InChI is InChI=1S/C30H27Cl3N4O5S/c1-3-40-29(39)26-17(2)35-30(43)36-27(26)22-6-4-5-7-24(22)41-16-25(38)37-34-14-19-12-21(32)13-23(33)28(19)42-15-18-8-10-20(31)11-9-18/h4-14,27H,3,15-16H2,1-2H3,(H,37,38)(H2,35,36,43)/t27-/m0/s1. The van der Waals surface area contributed by atoms with Crippen LogP contribution in [0.4, 0.5) is 0 Å². The monoisotopic (exact) mass is 660 g/mol. The lowest BCUT2D eigenvalue weighted by Crippen LogP contribution is -2.45. The van der Waals surface area contributed by atoms with Gasteiger partial charge in [0.1, 0.15) is 18.1 Å². The van der Waals surface area contributed by atoms with Crippen molar-refractivity contribution in [2.75, 3.05) is 13.2 Å². The molecule has 1 aliphatic heterocycles. The normalized spacial score (nSPS) is 14.6. The van der Waals surface area contributed by atoms with Crippen molar-refractivity contribution < 1.29 is 23.8 Å². The van der Waals surface area contributed by atoms with E-state index in [0.717, 1.165) is 5.56 Å². The summed E-state index contributed by atoms with van der Waals surface area (Å²) in [6.45, 7) is 3.54. The number of hydrogen-bond donors (Lipinski definition) is 3. The van der Waals surface area contributed by atoms with E-state index in [2.05, 4.69) is 21.2 Å². The van der Waals surface area contributed by atoms with E-state index in [1.54, 1.807) is 62.4 Å². The van der Waals surface area contributed by atoms with Crippen LogP contribution in [0.5, 0.6) is 11.5 Å². The minimum atomic E-state index is -0.649. The number of halogens is 3. The minimum absolute atomic E-state index is 0.211. The molecule has 224 valence electrons. The van der Waals surface area contributed by atoms with E-state index in [1.165, 1.54) is 6.21 Å². The highest BCUT2D eigenvalue weighted by molar-refractivity contribution is 7.80. The molecule has 0 saturated heterocycles. The molecule has 0 aliphatic carbocycles. The van der Waals surface area contributed by atoms with Crippen LogP contribution < -0.4 is 25.5 Å². The molecule has 0 aromatic heterocycles. The minimum Gasteiger partial charge on any atom is -0.487 e. The molecule has 1 heterocycles. The lowest BCUT2D eigenvalue weighted by atomic mass is 9.95. The van der Waals surface area contributed by atoms with Gasteiger partial charge in [-0.15, -0.1) is 0 Å². The first-order valence-electron chi connectivity index (χ1n) is 13.0. The number of hydrogen-bond acceptors (Lipinski definition) is 7. The van der Waals surface area contributed by atoms with Gasteiger partial charge in [0, 0.05) is 26.9 Å². The second-order valence-electron chi connectivity index (χ2n) is 9.13. The van der Waals surface area contributed by atoms with Gasteiger partial charge in [-0.1, -0.05) is 65.1 Å². The SMILES string of the molecule is CCOC(=O)C1=C(C)NC(=S)N[C@H]1c1ccccc1OCC(=O)NN=Cc1cc(Cl)cc(Cl)c1OCc1ccc(Cl)cc1. The summed E-state index contributed by atoms with van der Waals surface area (Å²) in [7, 11) is 0. The lowest BCUT2D eigenvalue weighted by molar-refractivity contribution is -0.139. The second-order valence-corrected chi connectivity index (χ2v) is 10.8. The average Bonchev–Trinajstić information content (AvgIpc) is 2.96. The van der Waals surface area contributed by atoms with Crippen LogP contribution in [-0.4, -0.2) is 36.4 Å². The van der Waals surface area contributed by atoms with Gasteiger partial charge in [0.2, 0.25) is 0 Å². The van der Waals surface area contributed by atoms with Gasteiger partial charge >= 0.3 is 5.97 Å². The molecule has 13 heteroatoms. The molecule has 1 atom stereocenters. The fraction of sp³-hybridized carbons (Fsp3) is 0.200. The Morgan fingerprint density at radius 3 is 2.53 bits per heavy atom. The summed E-state index contributed by atoms with van der Waals surface area (Å²) in [5.41, 5.74) is 5.28. The van der Waals surface area contributed by atoms with Crippen LogP contribution in [-0.2, 0) is 20.9 Å². The van der Waals surface area contributed by atoms with Crippen LogP contribution in [0.3, 0.4) is 0 Å². The number of esters is 1. The summed E-state index contributed by atoms with van der Waals surface area (Å²) in [5, 5.41) is 11.7. The third-order valence-electron chi connectivity index (χ3n) is 6.08. The number of amides is 1. The summed E-state index contributed by atoms with van der Waals surface area (Å²) in [6, 6.07) is 16.7. The topological polar surface area (TPSA) is 110 Å². The number of hydrazone groups is 1. The molecule has 1 aliphatic rings. The zero-order valence-electron chi connectivity index (χ0n) is 23.1. The summed E-state index contributed by atoms with van der Waals surface area (Å²) in [5.74, 6) is -0.309. The van der Waals surface area contributed by atoms with Gasteiger partial charge in [-0.3, -0.25) is 4.79 Å². The largest absolute Gasteiger partial charge is 0.487 e. The summed E-state index contributed by atoms with van der Waals surface area (Å²) >= 11 is 23.8. The van der Waals surface area contributed by atoms with Gasteiger partial charge in [-0.2, -0.15) is 5.10 Å². The summed E-state index contributed by atoms with van der Waals surface area (Å²) in [4.78, 5) is 25.4. The van der Waals surface area contributed by atoms with E-state index in [0.29, 0.717) is 49.1 Å². The van der Waals surface area contributed by atoms with Crippen LogP contribution in [0.1, 0.15) is 36.6 Å². The fourth-order valence-electron chi connectivity index (χ4n) is 4.17. The van der Waals surface area contributed by atoms with Gasteiger partial charge in [-0.25, -0.2) is 10.2 Å². The van der Waals surface area contributed by atoms with Crippen molar-refractivity contribution in [2.45, 2.75) is 26.5 Å². The molecule has 3 N–H and O–H groups in total. The third kappa shape index (κ3) is 8.61. The Morgan fingerprint density at radius 2 is 1.79 bits per heavy atom. The highest BCUT2D eigenvalue weighted by Crippen LogP contribution is 2.34. The van der Waals surface area contributed by atoms with Crippen molar-refractivity contribution in [1.82, 2.24) is 16.1 Å². The van der Waals surface area contributed by atoms with Gasteiger partial charge in [0.05, 0.1) is 29.5 Å². The summed E-state index contributed by atoms with van der Waals surface area (Å²) < 4.78 is 17.0. The van der Waals surface area contributed by atoms with Crippen molar-refractivity contribution >= 4 is 70.2 Å². The Bertz CT molecular complexity index is 1580. The average molecular weight is 662 g/mol. The van der Waals surface area contributed by atoms with Gasteiger partial charge in [0.25, 0.3) is 5.91 Å². The number of benzene rings is 3. The zero-order valence-corrected chi connectivity index (χ0v) is 26.2. The van der Waals surface area contributed by atoms with Crippen LogP contribution in [0, 0.1) is 0 Å². The second kappa shape index (κ2) is 15.1. The number of nitrogens with one attached hydrogen (secondary N) is 3. The molecule has 0 saturated carbocycles. The van der Waals surface area contributed by atoms with Crippen LogP contribution >= 0.6 is 47.0 Å². The molecule has 4 rings (SSSR count). The van der Waals surface area contributed by atoms with E-state index >= 15 is 0 Å². The van der Waals surface area contributed by atoms with Gasteiger partial charge in [0.15, 0.2) is 11.7 Å². The first-order valence-corrected chi connectivity index (χ1v) is 14.6. The molecule has 9 nitrogen and oxygen atoms in total. The number of carbonyl (C=O) groups is 2. The molecule has 0 fully saturated rings. The number of carbonyl (C=O) groups excluding carboxylic acids is 2. The highest BCUT2D eigenvalue weighted by atomic mass is 35.5. The van der Waals surface area contributed by atoms with Crippen molar-refractivity contribution in [2.24, 2.45) is 5.10 Å². The Morgan fingerprint density at radius 1 is 1.05 bits per heavy atom. The molecule has 0 bridgehead atoms. The number of para-hydroxylation sites is 1. The predicted octanol–water partition coefficient (Wildman–Crippen LogP) is 6.11. The van der Waals surface area contributed by atoms with E-state index in [-0.39, 0.29) is 24.8 Å². The van der Waals surface area contributed by atoms with Crippen LogP contribution in [0.2, 0.25) is 15.1 Å². The maximum atomic E-state index is 12.7. The molecule has 3 aromatic carbocycles. The van der Waals surface area contributed by atoms with E-state index in [1.807, 2.05) is 12.1 Å². The number of ether oxygens (including phenoxy) is 3. The van der Waals surface area contributed by atoms with Crippen molar-refractivity contribution in [3.63, 3.8) is 0 Å². The number of rotatable bonds is 11. The molecular formula is C30H27Cl3N4O5S. The quantitative estimate of drug-likeness (QED) is 0.0978. The molecule has 43 heavy (non-hydrogen) atoms. The Balaban J connectivity index is 1.43. The smallest absolute Gasteiger partial charge is 0.338 e. The number of nitrogens with zero attached hydrogens (tertiary/aromatic N) is 1. The van der Waals surface area contributed by atoms with Crippen LogP contribution in [0.25, 0.3) is 0 Å². The summed E-state index contributed by atoms with van der Waals surface area (Å²) in [6.07, 6.45) is 1.37. The molecule has 0 unspecified atom stereocenters. The zero-order chi connectivity index (χ0) is 30.9. The first-order chi connectivity index (χ1) is 20.7. The number of thiocarbonyl (C=S) groups is 1. The Labute approximate surface area is 269 Å². The first kappa shape index (κ1) is 32.1. The van der Waals surface area contributed by atoms with Gasteiger partial charge < -0.3 is 24.8 Å². The maximum absolute atomic E-state index is 12.7. The van der Waals surface area contributed by atoms with Crippen molar-refractivity contribution in [1.29, 1.82) is 0 Å². The van der Waals surface area contributed by atoms with Crippen molar-refractivity contribution in [3.05, 3.63) is 104 Å². The van der Waals surface area contributed by atoms with E-state index in [4.69, 9.17) is 61.2 Å². The highest BCUT2D eigenvalue weighted by Gasteiger charge is 2.32. The lowest BCUT2D eigenvalue weighted by Gasteiger charge is -2.30. The molecule has 0 spiro atoms. The fourth-order valence-corrected chi connectivity index (χ4v) is 5.13. The molecule has 3 aromatic rings. The van der Waals surface area contributed by atoms with E-state index < -0.39 is 17.9 Å². The Hall–Kier alpha value is -3.83.